The molecule has 0 bridgehead atoms. The molecule has 0 radical (unpaired) electrons. The van der Waals surface area contributed by atoms with Crippen LogP contribution in [0.5, 0.6) is 0 Å². The molecule has 0 atom stereocenters. The lowest BCUT2D eigenvalue weighted by Gasteiger charge is -2.28. The van der Waals surface area contributed by atoms with Gasteiger partial charge < -0.3 is 10.0 Å². The molecular formula is C13H14N2O3S. The first-order chi connectivity index (χ1) is 9.18. The van der Waals surface area contributed by atoms with Crippen LogP contribution in [0.25, 0.3) is 5.70 Å². The predicted molar refractivity (Wildman–Crippen MR) is 73.3 cm³/mol. The number of rotatable bonds is 5. The zero-order chi connectivity index (χ0) is 13.7. The summed E-state index contributed by atoms with van der Waals surface area (Å²) in [5, 5.41) is 10.6. The molecule has 100 valence electrons. The van der Waals surface area contributed by atoms with Crippen LogP contribution in [0.2, 0.25) is 0 Å². The molecule has 0 spiro atoms. The summed E-state index contributed by atoms with van der Waals surface area (Å²) in [6.07, 6.45) is 3.87. The molecule has 0 saturated heterocycles. The Kier molecular flexibility index (Phi) is 4.57. The molecule has 1 aliphatic heterocycles. The van der Waals surface area contributed by atoms with Crippen LogP contribution in [0.1, 0.15) is 18.4 Å². The molecule has 0 fully saturated rings. The molecule has 1 aromatic rings. The molecule has 2 rings (SSSR count). The van der Waals surface area contributed by atoms with Gasteiger partial charge in [-0.2, -0.15) is 0 Å². The van der Waals surface area contributed by atoms with E-state index in [0.717, 1.165) is 11.3 Å². The standard InChI is InChI=1S/C13H14N2O3S/c16-12-9-19-8-11(10-3-5-14-6-4-10)15(12)7-1-2-13(17)18/h3-6,8H,1-2,7,9H2,(H,17,18). The molecule has 0 unspecified atom stereocenters. The van der Waals surface area contributed by atoms with Gasteiger partial charge in [-0.05, 0) is 24.0 Å². The number of hydrogen-bond acceptors (Lipinski definition) is 4. The average Bonchev–Trinajstić information content (AvgIpc) is 2.41. The molecule has 0 aliphatic carbocycles. The number of amides is 1. The summed E-state index contributed by atoms with van der Waals surface area (Å²) in [5.74, 6) is -0.417. The first-order valence-corrected chi connectivity index (χ1v) is 6.97. The highest BCUT2D eigenvalue weighted by molar-refractivity contribution is 8.03. The first-order valence-electron chi connectivity index (χ1n) is 5.93. The van der Waals surface area contributed by atoms with E-state index < -0.39 is 5.97 Å². The van der Waals surface area contributed by atoms with E-state index in [-0.39, 0.29) is 12.3 Å². The van der Waals surface area contributed by atoms with E-state index in [4.69, 9.17) is 5.11 Å². The lowest BCUT2D eigenvalue weighted by Crippen LogP contribution is -2.34. The van der Waals surface area contributed by atoms with Gasteiger partial charge in [0.25, 0.3) is 0 Å². The minimum absolute atomic E-state index is 0.0182. The number of aliphatic carboxylic acids is 1. The number of carbonyl (C=O) groups excluding carboxylic acids is 1. The van der Waals surface area contributed by atoms with Crippen molar-refractivity contribution in [1.82, 2.24) is 9.88 Å². The third-order valence-corrected chi connectivity index (χ3v) is 3.55. The fraction of sp³-hybridized carbons (Fsp3) is 0.308. The topological polar surface area (TPSA) is 70.5 Å². The van der Waals surface area contributed by atoms with E-state index in [1.54, 1.807) is 17.3 Å². The highest BCUT2D eigenvalue weighted by atomic mass is 32.2. The minimum atomic E-state index is -0.840. The van der Waals surface area contributed by atoms with Crippen molar-refractivity contribution in [2.75, 3.05) is 12.3 Å². The lowest BCUT2D eigenvalue weighted by atomic mass is 10.1. The number of carboxylic acid groups (broad SMARTS) is 1. The Balaban J connectivity index is 2.12. The van der Waals surface area contributed by atoms with Crippen molar-refractivity contribution < 1.29 is 14.7 Å². The van der Waals surface area contributed by atoms with Crippen LogP contribution < -0.4 is 0 Å². The van der Waals surface area contributed by atoms with Gasteiger partial charge in [0.1, 0.15) is 0 Å². The van der Waals surface area contributed by atoms with Gasteiger partial charge in [0, 0.05) is 30.9 Å². The summed E-state index contributed by atoms with van der Waals surface area (Å²) < 4.78 is 0. The van der Waals surface area contributed by atoms with Crippen LogP contribution in [-0.4, -0.2) is 39.2 Å². The van der Waals surface area contributed by atoms with Crippen molar-refractivity contribution in [2.45, 2.75) is 12.8 Å². The number of hydrogen-bond donors (Lipinski definition) is 1. The van der Waals surface area contributed by atoms with Crippen LogP contribution in [0.3, 0.4) is 0 Å². The number of aromatic nitrogens is 1. The van der Waals surface area contributed by atoms with Crippen LogP contribution >= 0.6 is 11.8 Å². The number of nitrogens with zero attached hydrogens (tertiary/aromatic N) is 2. The molecule has 1 aromatic heterocycles. The van der Waals surface area contributed by atoms with Crippen molar-refractivity contribution in [2.24, 2.45) is 0 Å². The molecular weight excluding hydrogens is 264 g/mol. The summed E-state index contributed by atoms with van der Waals surface area (Å²) in [6.45, 7) is 0.430. The average molecular weight is 278 g/mol. The maximum atomic E-state index is 12.0. The van der Waals surface area contributed by atoms with Crippen molar-refractivity contribution >= 4 is 29.3 Å². The van der Waals surface area contributed by atoms with Gasteiger partial charge in [0.15, 0.2) is 0 Å². The molecule has 2 heterocycles. The van der Waals surface area contributed by atoms with Gasteiger partial charge >= 0.3 is 5.97 Å². The highest BCUT2D eigenvalue weighted by Gasteiger charge is 2.22. The zero-order valence-corrected chi connectivity index (χ0v) is 11.1. The molecule has 1 aliphatic rings. The summed E-state index contributed by atoms with van der Waals surface area (Å²) in [5.41, 5.74) is 1.75. The summed E-state index contributed by atoms with van der Waals surface area (Å²) in [6, 6.07) is 3.68. The second-order valence-corrected chi connectivity index (χ2v) is 4.95. The van der Waals surface area contributed by atoms with Gasteiger partial charge in [0.2, 0.25) is 5.91 Å². The molecule has 19 heavy (non-hydrogen) atoms. The normalized spacial score (nSPS) is 15.3. The van der Waals surface area contributed by atoms with Crippen LogP contribution in [0, 0.1) is 0 Å². The van der Waals surface area contributed by atoms with Crippen molar-refractivity contribution in [1.29, 1.82) is 0 Å². The fourth-order valence-electron chi connectivity index (χ4n) is 1.85. The number of carboxylic acids is 1. The van der Waals surface area contributed by atoms with Gasteiger partial charge in [-0.25, -0.2) is 0 Å². The Morgan fingerprint density at radius 3 is 2.84 bits per heavy atom. The SMILES string of the molecule is O=C(O)CCCN1C(=O)CSC=C1c1ccncc1. The number of carbonyl (C=O) groups is 2. The Morgan fingerprint density at radius 2 is 2.16 bits per heavy atom. The molecule has 1 amide bonds. The van der Waals surface area contributed by atoms with Crippen LogP contribution in [0.15, 0.2) is 29.9 Å². The number of pyridine rings is 1. The molecule has 0 saturated carbocycles. The van der Waals surface area contributed by atoms with Gasteiger partial charge in [0.05, 0.1) is 11.4 Å². The van der Waals surface area contributed by atoms with Gasteiger partial charge in [-0.1, -0.05) is 0 Å². The predicted octanol–water partition coefficient (Wildman–Crippen LogP) is 1.82. The molecule has 0 aromatic carbocycles. The lowest BCUT2D eigenvalue weighted by molar-refractivity contribution is -0.137. The van der Waals surface area contributed by atoms with Gasteiger partial charge in [-0.15, -0.1) is 11.8 Å². The first kappa shape index (κ1) is 13.6. The highest BCUT2D eigenvalue weighted by Crippen LogP contribution is 2.28. The maximum Gasteiger partial charge on any atom is 0.303 e. The van der Waals surface area contributed by atoms with E-state index in [1.165, 1.54) is 11.8 Å². The summed E-state index contributed by atoms with van der Waals surface area (Å²) in [4.78, 5) is 28.1. The van der Waals surface area contributed by atoms with Crippen molar-refractivity contribution in [3.63, 3.8) is 0 Å². The van der Waals surface area contributed by atoms with Crippen molar-refractivity contribution in [3.05, 3.63) is 35.5 Å². The van der Waals surface area contributed by atoms with E-state index in [0.29, 0.717) is 18.7 Å². The molecule has 1 N–H and O–H groups in total. The zero-order valence-electron chi connectivity index (χ0n) is 10.3. The van der Waals surface area contributed by atoms with Gasteiger partial charge in [-0.3, -0.25) is 14.6 Å². The smallest absolute Gasteiger partial charge is 0.303 e. The van der Waals surface area contributed by atoms with E-state index in [1.807, 2.05) is 17.5 Å². The summed E-state index contributed by atoms with van der Waals surface area (Å²) >= 11 is 1.46. The second-order valence-electron chi connectivity index (χ2n) is 4.09. The minimum Gasteiger partial charge on any atom is -0.481 e. The molecule has 6 heteroatoms. The van der Waals surface area contributed by atoms with E-state index >= 15 is 0 Å². The van der Waals surface area contributed by atoms with Crippen LogP contribution in [0.4, 0.5) is 0 Å². The Labute approximate surface area is 115 Å². The van der Waals surface area contributed by atoms with Crippen LogP contribution in [-0.2, 0) is 9.59 Å². The monoisotopic (exact) mass is 278 g/mol. The quantitative estimate of drug-likeness (QED) is 0.889. The maximum absolute atomic E-state index is 12.0. The van der Waals surface area contributed by atoms with E-state index in [2.05, 4.69) is 4.98 Å². The second kappa shape index (κ2) is 6.38. The Morgan fingerprint density at radius 1 is 1.42 bits per heavy atom. The third-order valence-electron chi connectivity index (χ3n) is 2.74. The largest absolute Gasteiger partial charge is 0.481 e. The molecule has 5 nitrogen and oxygen atoms in total. The Hall–Kier alpha value is -1.82. The third kappa shape index (κ3) is 3.57. The fourth-order valence-corrected chi connectivity index (χ4v) is 2.65. The summed E-state index contributed by atoms with van der Waals surface area (Å²) in [7, 11) is 0. The van der Waals surface area contributed by atoms with E-state index in [9.17, 15) is 9.59 Å². The number of thioether (sulfide) groups is 1. The Bertz CT molecular complexity index is 502. The van der Waals surface area contributed by atoms with Crippen molar-refractivity contribution in [3.8, 4) is 0 Å².